The Morgan fingerprint density at radius 2 is 2.00 bits per heavy atom. The fraction of sp³-hybridized carbons (Fsp3) is 0.909. The van der Waals surface area contributed by atoms with Crippen LogP contribution >= 0.6 is 12.4 Å². The van der Waals surface area contributed by atoms with Crippen LogP contribution in [0.3, 0.4) is 0 Å². The monoisotopic (exact) mass is 236 g/mol. The van der Waals surface area contributed by atoms with Gasteiger partial charge in [-0.3, -0.25) is 0 Å². The Bertz CT molecular complexity index is 179. The Hall–Kier alpha value is -0.280. The average Bonchev–Trinajstić information content (AvgIpc) is 2.26. The predicted molar refractivity (Wildman–Crippen MR) is 61.1 cm³/mol. The zero-order valence-corrected chi connectivity index (χ0v) is 10.1. The highest BCUT2D eigenvalue weighted by Gasteiger charge is 2.19. The van der Waals surface area contributed by atoms with Crippen molar-refractivity contribution in [2.24, 2.45) is 5.92 Å². The van der Waals surface area contributed by atoms with Gasteiger partial charge < -0.3 is 9.84 Å². The van der Waals surface area contributed by atoms with E-state index in [1.54, 1.807) is 0 Å². The van der Waals surface area contributed by atoms with Crippen LogP contribution in [0.5, 0.6) is 0 Å². The zero-order chi connectivity index (χ0) is 10.4. The molecule has 0 heterocycles. The molecule has 1 rings (SSSR count). The minimum Gasteiger partial charge on any atom is -0.467 e. The normalized spacial score (nSPS) is 19.1. The van der Waals surface area contributed by atoms with Crippen LogP contribution in [0.2, 0.25) is 0 Å². The van der Waals surface area contributed by atoms with Crippen molar-refractivity contribution in [3.05, 3.63) is 0 Å². The van der Waals surface area contributed by atoms with Crippen LogP contribution in [-0.4, -0.2) is 24.3 Å². The van der Waals surface area contributed by atoms with E-state index in [-0.39, 0.29) is 12.4 Å². The quantitative estimate of drug-likeness (QED) is 0.762. The maximum absolute atomic E-state index is 10.9. The number of aliphatic hydroxyl groups is 1. The van der Waals surface area contributed by atoms with Gasteiger partial charge in [0.05, 0.1) is 7.11 Å². The molecule has 1 saturated carbocycles. The molecule has 1 fully saturated rings. The molecule has 0 spiro atoms. The number of rotatable bonds is 4. The van der Waals surface area contributed by atoms with Crippen LogP contribution in [0.4, 0.5) is 0 Å². The first-order chi connectivity index (χ1) is 6.74. The minimum atomic E-state index is -0.915. The van der Waals surface area contributed by atoms with Gasteiger partial charge in [0.25, 0.3) is 0 Å². The molecule has 0 amide bonds. The molecular weight excluding hydrogens is 216 g/mol. The highest BCUT2D eigenvalue weighted by Crippen LogP contribution is 2.27. The van der Waals surface area contributed by atoms with Crippen molar-refractivity contribution in [1.82, 2.24) is 0 Å². The van der Waals surface area contributed by atoms with Gasteiger partial charge in [-0.25, -0.2) is 4.79 Å². The van der Waals surface area contributed by atoms with Crippen LogP contribution < -0.4 is 0 Å². The molecule has 0 aromatic rings. The van der Waals surface area contributed by atoms with Gasteiger partial charge in [-0.1, -0.05) is 32.1 Å². The molecule has 4 heteroatoms. The molecular formula is C11H21ClO3. The molecule has 1 aliphatic rings. The van der Waals surface area contributed by atoms with Gasteiger partial charge in [0.15, 0.2) is 6.10 Å². The number of hydrogen-bond donors (Lipinski definition) is 1. The second kappa shape index (κ2) is 7.94. The van der Waals surface area contributed by atoms with E-state index in [4.69, 9.17) is 0 Å². The Morgan fingerprint density at radius 3 is 2.53 bits per heavy atom. The number of esters is 1. The molecule has 1 N–H and O–H groups in total. The van der Waals surface area contributed by atoms with Gasteiger partial charge in [0.1, 0.15) is 0 Å². The second-order valence-electron chi connectivity index (χ2n) is 4.12. The van der Waals surface area contributed by atoms with Gasteiger partial charge in [-0.05, 0) is 18.8 Å². The molecule has 0 aromatic carbocycles. The van der Waals surface area contributed by atoms with E-state index >= 15 is 0 Å². The lowest BCUT2D eigenvalue weighted by molar-refractivity contribution is -0.150. The summed E-state index contributed by atoms with van der Waals surface area (Å²) in [6, 6.07) is 0. The molecule has 1 aliphatic carbocycles. The number of methoxy groups -OCH3 is 1. The van der Waals surface area contributed by atoms with E-state index < -0.39 is 12.1 Å². The summed E-state index contributed by atoms with van der Waals surface area (Å²) in [6.07, 6.45) is 7.06. The summed E-state index contributed by atoms with van der Waals surface area (Å²) in [7, 11) is 1.31. The lowest BCUT2D eigenvalue weighted by atomic mass is 9.85. The summed E-state index contributed by atoms with van der Waals surface area (Å²) in [5.41, 5.74) is 0. The molecule has 0 saturated heterocycles. The Morgan fingerprint density at radius 1 is 1.40 bits per heavy atom. The van der Waals surface area contributed by atoms with E-state index in [1.807, 2.05) is 0 Å². The van der Waals surface area contributed by atoms with Gasteiger partial charge in [-0.15, -0.1) is 12.4 Å². The lowest BCUT2D eigenvalue weighted by Gasteiger charge is -2.21. The van der Waals surface area contributed by atoms with E-state index in [0.29, 0.717) is 12.3 Å². The molecule has 0 unspecified atom stereocenters. The summed E-state index contributed by atoms with van der Waals surface area (Å²) in [4.78, 5) is 10.9. The number of hydrogen-bond acceptors (Lipinski definition) is 3. The van der Waals surface area contributed by atoms with Crippen LogP contribution in [0, 0.1) is 5.92 Å². The molecule has 0 aliphatic heterocycles. The molecule has 15 heavy (non-hydrogen) atoms. The SMILES string of the molecule is COC(=O)[C@H](O)CCC1CCCCC1.Cl. The van der Waals surface area contributed by atoms with Crippen molar-refractivity contribution in [1.29, 1.82) is 0 Å². The zero-order valence-electron chi connectivity index (χ0n) is 9.28. The first-order valence-corrected chi connectivity index (χ1v) is 5.50. The molecule has 0 aromatic heterocycles. The van der Waals surface area contributed by atoms with Crippen molar-refractivity contribution in [3.63, 3.8) is 0 Å². The van der Waals surface area contributed by atoms with Gasteiger partial charge in [0, 0.05) is 0 Å². The van der Waals surface area contributed by atoms with Crippen LogP contribution in [0.1, 0.15) is 44.9 Å². The number of halogens is 1. The second-order valence-corrected chi connectivity index (χ2v) is 4.12. The van der Waals surface area contributed by atoms with Gasteiger partial charge in [-0.2, -0.15) is 0 Å². The molecule has 90 valence electrons. The number of carbonyl (C=O) groups excluding carboxylic acids is 1. The van der Waals surface area contributed by atoms with Crippen molar-refractivity contribution in [3.8, 4) is 0 Å². The van der Waals surface area contributed by atoms with E-state index in [1.165, 1.54) is 39.2 Å². The van der Waals surface area contributed by atoms with Crippen molar-refractivity contribution >= 4 is 18.4 Å². The first-order valence-electron chi connectivity index (χ1n) is 5.50. The maximum Gasteiger partial charge on any atom is 0.334 e. The third-order valence-corrected chi connectivity index (χ3v) is 3.05. The summed E-state index contributed by atoms with van der Waals surface area (Å²) in [5, 5.41) is 9.37. The third kappa shape index (κ3) is 5.38. The fourth-order valence-corrected chi connectivity index (χ4v) is 2.12. The highest BCUT2D eigenvalue weighted by atomic mass is 35.5. The summed E-state index contributed by atoms with van der Waals surface area (Å²) in [5.74, 6) is 0.212. The summed E-state index contributed by atoms with van der Waals surface area (Å²) < 4.78 is 4.46. The number of carbonyl (C=O) groups is 1. The molecule has 3 nitrogen and oxygen atoms in total. The first kappa shape index (κ1) is 14.7. The van der Waals surface area contributed by atoms with Crippen molar-refractivity contribution in [2.75, 3.05) is 7.11 Å². The Balaban J connectivity index is 0.00000196. The standard InChI is InChI=1S/C11H20O3.ClH/c1-14-11(13)10(12)8-7-9-5-3-2-4-6-9;/h9-10,12H,2-8H2,1H3;1H/t10-;/m1./s1. The Kier molecular flexibility index (Phi) is 7.79. The number of aliphatic hydroxyl groups excluding tert-OH is 1. The third-order valence-electron chi connectivity index (χ3n) is 3.05. The van der Waals surface area contributed by atoms with Gasteiger partial charge in [0.2, 0.25) is 0 Å². The summed E-state index contributed by atoms with van der Waals surface area (Å²) in [6.45, 7) is 0. The lowest BCUT2D eigenvalue weighted by Crippen LogP contribution is -2.22. The number of ether oxygens (including phenoxy) is 1. The van der Waals surface area contributed by atoms with Crippen LogP contribution in [-0.2, 0) is 9.53 Å². The van der Waals surface area contributed by atoms with Crippen molar-refractivity contribution < 1.29 is 14.6 Å². The van der Waals surface area contributed by atoms with Crippen molar-refractivity contribution in [2.45, 2.75) is 51.0 Å². The van der Waals surface area contributed by atoms with E-state index in [0.717, 1.165) is 6.42 Å². The fourth-order valence-electron chi connectivity index (χ4n) is 2.12. The molecule has 1 atom stereocenters. The van der Waals surface area contributed by atoms with Crippen LogP contribution in [0.15, 0.2) is 0 Å². The van der Waals surface area contributed by atoms with Gasteiger partial charge >= 0.3 is 5.97 Å². The highest BCUT2D eigenvalue weighted by molar-refractivity contribution is 5.85. The Labute approximate surface area is 97.6 Å². The van der Waals surface area contributed by atoms with E-state index in [9.17, 15) is 9.90 Å². The average molecular weight is 237 g/mol. The molecule has 0 radical (unpaired) electrons. The predicted octanol–water partition coefficient (Wildman–Crippen LogP) is 2.30. The summed E-state index contributed by atoms with van der Waals surface area (Å²) >= 11 is 0. The minimum absolute atomic E-state index is 0. The topological polar surface area (TPSA) is 46.5 Å². The van der Waals surface area contributed by atoms with Crippen LogP contribution in [0.25, 0.3) is 0 Å². The molecule has 0 bridgehead atoms. The smallest absolute Gasteiger partial charge is 0.334 e. The van der Waals surface area contributed by atoms with E-state index in [2.05, 4.69) is 4.74 Å². The maximum atomic E-state index is 10.9. The largest absolute Gasteiger partial charge is 0.467 e.